The van der Waals surface area contributed by atoms with Crippen LogP contribution in [-0.2, 0) is 4.79 Å². The van der Waals surface area contributed by atoms with Gasteiger partial charge in [0.05, 0.1) is 6.54 Å². The molecule has 0 aliphatic rings. The minimum Gasteiger partial charge on any atom is -0.357 e. The van der Waals surface area contributed by atoms with E-state index in [4.69, 9.17) is 0 Å². The first-order valence-electron chi connectivity index (χ1n) is 8.83. The van der Waals surface area contributed by atoms with Crippen LogP contribution >= 0.6 is 0 Å². The lowest BCUT2D eigenvalue weighted by molar-refractivity contribution is -0.121. The van der Waals surface area contributed by atoms with Crippen LogP contribution in [0.2, 0.25) is 0 Å². The fourth-order valence-corrected chi connectivity index (χ4v) is 2.17. The summed E-state index contributed by atoms with van der Waals surface area (Å²) in [5.74, 6) is 0.866. The number of aliphatic imine (C=N–C) groups is 1. The molecule has 0 bridgehead atoms. The van der Waals surface area contributed by atoms with Gasteiger partial charge in [0.25, 0.3) is 0 Å². The molecule has 5 heteroatoms. The van der Waals surface area contributed by atoms with Crippen molar-refractivity contribution in [3.8, 4) is 0 Å². The number of carbonyl (C=O) groups excluding carboxylic acids is 1. The fraction of sp³-hybridized carbons (Fsp3) is 0.882. The Labute approximate surface area is 136 Å². The van der Waals surface area contributed by atoms with Gasteiger partial charge in [0, 0.05) is 25.0 Å². The van der Waals surface area contributed by atoms with Crippen molar-refractivity contribution in [3.05, 3.63) is 0 Å². The van der Waals surface area contributed by atoms with Crippen molar-refractivity contribution in [3.63, 3.8) is 0 Å². The van der Waals surface area contributed by atoms with Gasteiger partial charge in [-0.1, -0.05) is 32.6 Å². The van der Waals surface area contributed by atoms with Crippen LogP contribution in [0.5, 0.6) is 0 Å². The van der Waals surface area contributed by atoms with E-state index in [0.717, 1.165) is 18.9 Å². The minimum atomic E-state index is 0.0576. The number of hydrogen-bond donors (Lipinski definition) is 3. The maximum Gasteiger partial charge on any atom is 0.222 e. The lowest BCUT2D eigenvalue weighted by atomic mass is 10.1. The highest BCUT2D eigenvalue weighted by atomic mass is 16.1. The highest BCUT2D eigenvalue weighted by molar-refractivity contribution is 5.81. The molecular weight excluding hydrogens is 276 g/mol. The number of unbranched alkanes of at least 4 members (excludes halogenated alkanes) is 3. The monoisotopic (exact) mass is 312 g/mol. The predicted octanol–water partition coefficient (Wildman–Crippen LogP) is 2.82. The number of nitrogens with zero attached hydrogens (tertiary/aromatic N) is 1. The maximum atomic E-state index is 11.6. The molecule has 0 heterocycles. The lowest BCUT2D eigenvalue weighted by Gasteiger charge is -2.17. The van der Waals surface area contributed by atoms with Gasteiger partial charge < -0.3 is 16.0 Å². The summed E-state index contributed by atoms with van der Waals surface area (Å²) in [6, 6.07) is 0.588. The Balaban J connectivity index is 4.11. The second-order valence-corrected chi connectivity index (χ2v) is 6.13. The molecule has 130 valence electrons. The van der Waals surface area contributed by atoms with E-state index in [2.05, 4.69) is 41.7 Å². The van der Waals surface area contributed by atoms with Gasteiger partial charge >= 0.3 is 0 Å². The summed E-state index contributed by atoms with van der Waals surface area (Å²) in [5, 5.41) is 9.53. The van der Waals surface area contributed by atoms with Crippen LogP contribution in [0.15, 0.2) is 4.99 Å². The van der Waals surface area contributed by atoms with E-state index >= 15 is 0 Å². The van der Waals surface area contributed by atoms with Crippen molar-refractivity contribution in [2.75, 3.05) is 13.1 Å². The number of amides is 1. The highest BCUT2D eigenvalue weighted by Crippen LogP contribution is 2.05. The van der Waals surface area contributed by atoms with Gasteiger partial charge in [-0.3, -0.25) is 9.79 Å². The molecule has 3 N–H and O–H groups in total. The van der Waals surface area contributed by atoms with Crippen molar-refractivity contribution < 1.29 is 4.79 Å². The highest BCUT2D eigenvalue weighted by Gasteiger charge is 2.06. The Kier molecular flexibility index (Phi) is 12.6. The largest absolute Gasteiger partial charge is 0.357 e. The Morgan fingerprint density at radius 2 is 1.77 bits per heavy atom. The van der Waals surface area contributed by atoms with Crippen molar-refractivity contribution in [2.24, 2.45) is 4.99 Å². The number of carbonyl (C=O) groups is 1. The van der Waals surface area contributed by atoms with Crippen molar-refractivity contribution in [2.45, 2.75) is 85.2 Å². The molecule has 0 spiro atoms. The predicted molar refractivity (Wildman–Crippen MR) is 95.2 cm³/mol. The third-order valence-electron chi connectivity index (χ3n) is 3.28. The molecule has 5 nitrogen and oxygen atoms in total. The average Bonchev–Trinajstić information content (AvgIpc) is 2.43. The van der Waals surface area contributed by atoms with Gasteiger partial charge in [0.1, 0.15) is 0 Å². The SMILES string of the molecule is CCCCCCC(C)NC(=NCCC(=O)NC(C)C)NCC. The normalized spacial score (nSPS) is 13.1. The second-order valence-electron chi connectivity index (χ2n) is 6.13. The minimum absolute atomic E-state index is 0.0576. The number of guanidine groups is 1. The zero-order chi connectivity index (χ0) is 16.8. The summed E-state index contributed by atoms with van der Waals surface area (Å²) >= 11 is 0. The topological polar surface area (TPSA) is 65.5 Å². The first-order chi connectivity index (χ1) is 10.5. The van der Waals surface area contributed by atoms with E-state index in [1.165, 1.54) is 25.7 Å². The summed E-state index contributed by atoms with van der Waals surface area (Å²) in [5.41, 5.74) is 0. The Morgan fingerprint density at radius 1 is 1.05 bits per heavy atom. The molecule has 0 saturated heterocycles. The van der Waals surface area contributed by atoms with Crippen LogP contribution in [0.4, 0.5) is 0 Å². The molecule has 0 aromatic rings. The average molecular weight is 313 g/mol. The number of rotatable bonds is 11. The van der Waals surface area contributed by atoms with Gasteiger partial charge in [-0.15, -0.1) is 0 Å². The molecule has 0 rings (SSSR count). The summed E-state index contributed by atoms with van der Waals surface area (Å²) in [6.45, 7) is 11.7. The zero-order valence-corrected chi connectivity index (χ0v) is 15.2. The van der Waals surface area contributed by atoms with E-state index in [0.29, 0.717) is 19.0 Å². The van der Waals surface area contributed by atoms with E-state index in [9.17, 15) is 4.79 Å². The summed E-state index contributed by atoms with van der Waals surface area (Å²) in [6.07, 6.45) is 6.71. The van der Waals surface area contributed by atoms with Crippen LogP contribution < -0.4 is 16.0 Å². The third-order valence-corrected chi connectivity index (χ3v) is 3.28. The molecule has 0 fully saturated rings. The third kappa shape index (κ3) is 12.5. The van der Waals surface area contributed by atoms with Crippen LogP contribution in [0, 0.1) is 0 Å². The standard InChI is InChI=1S/C17H36N4O/c1-6-8-9-10-11-15(5)21-17(18-7-2)19-13-12-16(22)20-14(3)4/h14-15H,6-13H2,1-5H3,(H,20,22)(H2,18,19,21). The van der Waals surface area contributed by atoms with Gasteiger partial charge in [-0.25, -0.2) is 0 Å². The van der Waals surface area contributed by atoms with E-state index in [1.54, 1.807) is 0 Å². The Morgan fingerprint density at radius 3 is 2.36 bits per heavy atom. The first kappa shape index (κ1) is 20.7. The Hall–Kier alpha value is -1.26. The van der Waals surface area contributed by atoms with E-state index in [1.807, 2.05) is 13.8 Å². The zero-order valence-electron chi connectivity index (χ0n) is 15.2. The van der Waals surface area contributed by atoms with Gasteiger partial charge in [-0.05, 0) is 34.1 Å². The molecule has 0 aliphatic heterocycles. The second kappa shape index (κ2) is 13.4. The van der Waals surface area contributed by atoms with Crippen LogP contribution in [-0.4, -0.2) is 37.0 Å². The fourth-order valence-electron chi connectivity index (χ4n) is 2.17. The van der Waals surface area contributed by atoms with E-state index in [-0.39, 0.29) is 11.9 Å². The molecule has 1 atom stereocenters. The smallest absolute Gasteiger partial charge is 0.222 e. The number of hydrogen-bond acceptors (Lipinski definition) is 2. The van der Waals surface area contributed by atoms with E-state index < -0.39 is 0 Å². The van der Waals surface area contributed by atoms with Crippen molar-refractivity contribution >= 4 is 11.9 Å². The lowest BCUT2D eigenvalue weighted by Crippen LogP contribution is -2.42. The van der Waals surface area contributed by atoms with Gasteiger partial charge in [0.2, 0.25) is 5.91 Å². The summed E-state index contributed by atoms with van der Waals surface area (Å²) in [7, 11) is 0. The number of nitrogens with one attached hydrogen (secondary N) is 3. The van der Waals surface area contributed by atoms with Gasteiger partial charge in [0.15, 0.2) is 5.96 Å². The summed E-state index contributed by atoms with van der Waals surface area (Å²) < 4.78 is 0. The van der Waals surface area contributed by atoms with Crippen LogP contribution in [0.25, 0.3) is 0 Å². The quantitative estimate of drug-likeness (QED) is 0.312. The first-order valence-corrected chi connectivity index (χ1v) is 8.83. The molecule has 1 amide bonds. The molecule has 22 heavy (non-hydrogen) atoms. The molecule has 0 radical (unpaired) electrons. The van der Waals surface area contributed by atoms with Crippen molar-refractivity contribution in [1.29, 1.82) is 0 Å². The molecular formula is C17H36N4O. The van der Waals surface area contributed by atoms with Crippen LogP contribution in [0.3, 0.4) is 0 Å². The summed E-state index contributed by atoms with van der Waals surface area (Å²) in [4.78, 5) is 16.1. The maximum absolute atomic E-state index is 11.6. The van der Waals surface area contributed by atoms with Crippen molar-refractivity contribution in [1.82, 2.24) is 16.0 Å². The van der Waals surface area contributed by atoms with Gasteiger partial charge in [-0.2, -0.15) is 0 Å². The Bertz CT molecular complexity index is 316. The molecule has 0 aromatic carbocycles. The molecule has 0 saturated carbocycles. The molecule has 1 unspecified atom stereocenters. The molecule has 0 aromatic heterocycles. The molecule has 0 aliphatic carbocycles. The van der Waals surface area contributed by atoms with Crippen LogP contribution in [0.1, 0.15) is 73.1 Å².